The molecule has 3 aromatic rings. The predicted octanol–water partition coefficient (Wildman–Crippen LogP) is 3.51. The van der Waals surface area contributed by atoms with Crippen LogP contribution in [0.2, 0.25) is 0 Å². The molecule has 0 saturated carbocycles. The Balaban J connectivity index is 0.000000360. The number of para-hydroxylation sites is 1. The minimum Gasteiger partial charge on any atom is -0.493 e. The zero-order valence-electron chi connectivity index (χ0n) is 17.5. The van der Waals surface area contributed by atoms with Crippen molar-refractivity contribution in [2.24, 2.45) is 0 Å². The van der Waals surface area contributed by atoms with Crippen molar-refractivity contribution in [2.45, 2.75) is 24.9 Å². The number of aliphatic carboxylic acids is 1. The van der Waals surface area contributed by atoms with Crippen molar-refractivity contribution in [2.75, 3.05) is 27.3 Å². The first kappa shape index (κ1) is 23.3. The first-order valence-corrected chi connectivity index (χ1v) is 9.83. The summed E-state index contributed by atoms with van der Waals surface area (Å²) in [5, 5.41) is 15.3. The van der Waals surface area contributed by atoms with Crippen LogP contribution in [0.15, 0.2) is 36.5 Å². The van der Waals surface area contributed by atoms with Crippen LogP contribution >= 0.6 is 0 Å². The van der Waals surface area contributed by atoms with Gasteiger partial charge < -0.3 is 19.9 Å². The van der Waals surface area contributed by atoms with Crippen LogP contribution in [0.1, 0.15) is 24.6 Å². The molecule has 1 fully saturated rings. The second-order valence-corrected chi connectivity index (χ2v) is 7.08. The van der Waals surface area contributed by atoms with Crippen LogP contribution in [0.25, 0.3) is 16.8 Å². The summed E-state index contributed by atoms with van der Waals surface area (Å²) in [4.78, 5) is 13.6. The number of rotatable bonds is 4. The number of aromatic nitrogens is 3. The molecule has 2 aromatic heterocycles. The number of fused-ring (bicyclic) bond motifs is 1. The summed E-state index contributed by atoms with van der Waals surface area (Å²) in [6.07, 6.45) is -0.772. The van der Waals surface area contributed by atoms with E-state index in [-0.39, 0.29) is 0 Å². The highest BCUT2D eigenvalue weighted by molar-refractivity contribution is 5.74. The third-order valence-corrected chi connectivity index (χ3v) is 4.97. The van der Waals surface area contributed by atoms with Gasteiger partial charge in [-0.1, -0.05) is 12.1 Å². The second kappa shape index (κ2) is 9.86. The average Bonchev–Trinajstić information content (AvgIpc) is 3.22. The highest BCUT2D eigenvalue weighted by atomic mass is 19.4. The lowest BCUT2D eigenvalue weighted by molar-refractivity contribution is -0.192. The number of carbonyl (C=O) groups is 1. The Hall–Kier alpha value is -3.34. The van der Waals surface area contributed by atoms with Gasteiger partial charge in [-0.25, -0.2) is 14.3 Å². The first-order chi connectivity index (χ1) is 15.2. The third-order valence-electron chi connectivity index (χ3n) is 4.97. The molecule has 0 aliphatic carbocycles. The summed E-state index contributed by atoms with van der Waals surface area (Å²) in [5.41, 5.74) is 2.85. The normalized spacial score (nSPS) is 16.2. The van der Waals surface area contributed by atoms with Crippen LogP contribution in [0.4, 0.5) is 13.2 Å². The Labute approximate surface area is 182 Å². The summed E-state index contributed by atoms with van der Waals surface area (Å²) < 4.78 is 44.6. The van der Waals surface area contributed by atoms with E-state index < -0.39 is 12.1 Å². The Kier molecular flexibility index (Phi) is 7.18. The molecule has 8 nitrogen and oxygen atoms in total. The fraction of sp³-hybridized carbons (Fsp3) is 0.381. The molecule has 0 bridgehead atoms. The molecule has 2 N–H and O–H groups in total. The number of ether oxygens (including phenoxy) is 2. The van der Waals surface area contributed by atoms with Gasteiger partial charge in [-0.05, 0) is 37.6 Å². The molecule has 1 aliphatic heterocycles. The zero-order chi connectivity index (χ0) is 23.3. The topological polar surface area (TPSA) is 98.0 Å². The van der Waals surface area contributed by atoms with Crippen molar-refractivity contribution in [3.05, 3.63) is 42.4 Å². The molecule has 32 heavy (non-hydrogen) atoms. The summed E-state index contributed by atoms with van der Waals surface area (Å²) in [6, 6.07) is 9.92. The van der Waals surface area contributed by atoms with Crippen molar-refractivity contribution in [1.82, 2.24) is 19.9 Å². The number of hydrogen-bond donors (Lipinski definition) is 2. The SMILES string of the molecule is COc1cccc(-c2ccc3nc(C4CCCNC4)nn3c2)c1OC.O=C(O)C(F)(F)F. The smallest absolute Gasteiger partial charge is 0.490 e. The number of carboxylic acids is 1. The molecule has 0 radical (unpaired) electrons. The van der Waals surface area contributed by atoms with Gasteiger partial charge in [0.1, 0.15) is 0 Å². The van der Waals surface area contributed by atoms with E-state index in [1.54, 1.807) is 14.2 Å². The van der Waals surface area contributed by atoms with E-state index in [1.807, 2.05) is 41.0 Å². The maximum atomic E-state index is 10.6. The van der Waals surface area contributed by atoms with Crippen LogP contribution in [0, 0.1) is 0 Å². The van der Waals surface area contributed by atoms with Crippen molar-refractivity contribution in [3.63, 3.8) is 0 Å². The Bertz CT molecular complexity index is 1080. The number of carboxylic acid groups (broad SMARTS) is 1. The summed E-state index contributed by atoms with van der Waals surface area (Å²) in [5.74, 6) is -0.00765. The lowest BCUT2D eigenvalue weighted by Gasteiger charge is -2.19. The lowest BCUT2D eigenvalue weighted by atomic mass is 9.99. The number of piperidine rings is 1. The maximum absolute atomic E-state index is 10.6. The third kappa shape index (κ3) is 5.28. The number of pyridine rings is 1. The first-order valence-electron chi connectivity index (χ1n) is 9.83. The summed E-state index contributed by atoms with van der Waals surface area (Å²) in [7, 11) is 3.30. The number of halogens is 3. The molecular weight excluding hydrogens is 429 g/mol. The van der Waals surface area contributed by atoms with Gasteiger partial charge in [0.05, 0.1) is 14.2 Å². The van der Waals surface area contributed by atoms with E-state index in [9.17, 15) is 13.2 Å². The van der Waals surface area contributed by atoms with E-state index in [4.69, 9.17) is 29.5 Å². The highest BCUT2D eigenvalue weighted by Gasteiger charge is 2.38. The van der Waals surface area contributed by atoms with Crippen molar-refractivity contribution in [1.29, 1.82) is 0 Å². The fourth-order valence-electron chi connectivity index (χ4n) is 3.42. The van der Waals surface area contributed by atoms with Gasteiger partial charge in [-0.3, -0.25) is 0 Å². The molecule has 0 amide bonds. The maximum Gasteiger partial charge on any atom is 0.490 e. The van der Waals surface area contributed by atoms with E-state index in [0.29, 0.717) is 11.7 Å². The number of hydrogen-bond acceptors (Lipinski definition) is 6. The molecule has 4 rings (SSSR count). The number of nitrogens with zero attached hydrogens (tertiary/aromatic N) is 3. The zero-order valence-corrected chi connectivity index (χ0v) is 17.5. The van der Waals surface area contributed by atoms with Gasteiger partial charge >= 0.3 is 12.1 Å². The van der Waals surface area contributed by atoms with Gasteiger partial charge in [0, 0.05) is 29.8 Å². The van der Waals surface area contributed by atoms with Gasteiger partial charge in [0.2, 0.25) is 0 Å². The summed E-state index contributed by atoms with van der Waals surface area (Å²) in [6.45, 7) is 2.04. The number of nitrogens with one attached hydrogen (secondary N) is 1. The number of methoxy groups -OCH3 is 2. The van der Waals surface area contributed by atoms with Crippen molar-refractivity contribution < 1.29 is 32.5 Å². The lowest BCUT2D eigenvalue weighted by Crippen LogP contribution is -2.28. The molecule has 1 aromatic carbocycles. The standard InChI is InChI=1S/C19H22N4O2.C2HF3O2/c1-24-16-7-3-6-15(18(16)25-2)14-8-9-17-21-19(22-23(17)12-14)13-5-4-10-20-11-13;3-2(4,5)1(6)7/h3,6-9,12-13,20H,4-5,10-11H2,1-2H3;(H,6,7). The molecule has 11 heteroatoms. The minimum absolute atomic E-state index is 0.392. The van der Waals surface area contributed by atoms with Crippen LogP contribution in [-0.4, -0.2) is 59.2 Å². The predicted molar refractivity (Wildman–Crippen MR) is 110 cm³/mol. The molecular formula is C21H23F3N4O4. The van der Waals surface area contributed by atoms with Crippen molar-refractivity contribution in [3.8, 4) is 22.6 Å². The van der Waals surface area contributed by atoms with Gasteiger partial charge in [0.25, 0.3) is 0 Å². The second-order valence-electron chi connectivity index (χ2n) is 7.08. The monoisotopic (exact) mass is 452 g/mol. The summed E-state index contributed by atoms with van der Waals surface area (Å²) >= 11 is 0. The molecule has 1 atom stereocenters. The molecule has 1 aliphatic rings. The Morgan fingerprint density at radius 2 is 1.97 bits per heavy atom. The molecule has 172 valence electrons. The van der Waals surface area contributed by atoms with Crippen LogP contribution in [-0.2, 0) is 4.79 Å². The van der Waals surface area contributed by atoms with E-state index in [1.165, 1.54) is 6.42 Å². The van der Waals surface area contributed by atoms with E-state index >= 15 is 0 Å². The van der Waals surface area contributed by atoms with Crippen LogP contribution < -0.4 is 14.8 Å². The highest BCUT2D eigenvalue weighted by Crippen LogP contribution is 2.37. The fourth-order valence-corrected chi connectivity index (χ4v) is 3.42. The van der Waals surface area contributed by atoms with Crippen LogP contribution in [0.3, 0.4) is 0 Å². The molecule has 1 saturated heterocycles. The minimum atomic E-state index is -5.08. The molecule has 0 spiro atoms. The largest absolute Gasteiger partial charge is 0.493 e. The van der Waals surface area contributed by atoms with Gasteiger partial charge in [-0.2, -0.15) is 18.3 Å². The molecule has 3 heterocycles. The van der Waals surface area contributed by atoms with Crippen LogP contribution in [0.5, 0.6) is 11.5 Å². The van der Waals surface area contributed by atoms with Gasteiger partial charge in [-0.15, -0.1) is 0 Å². The van der Waals surface area contributed by atoms with Gasteiger partial charge in [0.15, 0.2) is 23.0 Å². The quantitative estimate of drug-likeness (QED) is 0.625. The Morgan fingerprint density at radius 3 is 2.56 bits per heavy atom. The Morgan fingerprint density at radius 1 is 1.22 bits per heavy atom. The molecule has 1 unspecified atom stereocenters. The number of benzene rings is 1. The number of alkyl halides is 3. The van der Waals surface area contributed by atoms with E-state index in [0.717, 1.165) is 47.9 Å². The van der Waals surface area contributed by atoms with Crippen molar-refractivity contribution >= 4 is 11.6 Å². The average molecular weight is 452 g/mol. The van der Waals surface area contributed by atoms with E-state index in [2.05, 4.69) is 5.32 Å².